The summed E-state index contributed by atoms with van der Waals surface area (Å²) in [5, 5.41) is 10.7. The van der Waals surface area contributed by atoms with Gasteiger partial charge in [0.2, 0.25) is 0 Å². The van der Waals surface area contributed by atoms with Crippen LogP contribution in [0.4, 0.5) is 5.69 Å². The van der Waals surface area contributed by atoms with Gasteiger partial charge in [0.1, 0.15) is 12.4 Å². The van der Waals surface area contributed by atoms with E-state index in [0.717, 1.165) is 0 Å². The lowest BCUT2D eigenvalue weighted by Gasteiger charge is -2.09. The van der Waals surface area contributed by atoms with E-state index in [1.54, 1.807) is 6.07 Å². The van der Waals surface area contributed by atoms with E-state index in [0.29, 0.717) is 17.8 Å². The maximum absolute atomic E-state index is 10.7. The summed E-state index contributed by atoms with van der Waals surface area (Å²) in [6.45, 7) is 0.0331. The fraction of sp³-hybridized carbons (Fsp3) is 0.154. The molecule has 0 aliphatic rings. The predicted octanol–water partition coefficient (Wildman–Crippen LogP) is 2.59. The zero-order valence-electron chi connectivity index (χ0n) is 10.6. The standard InChI is InChI=1S/C13H11NO6/c1-18-12-5-2-9(14(16)17)6-13(12)19-8-11-4-3-10(7-15)20-11/h2-7H,8H2,1H3. The Hall–Kier alpha value is -2.83. The van der Waals surface area contributed by atoms with Crippen LogP contribution in [0.15, 0.2) is 34.7 Å². The molecule has 0 bridgehead atoms. The lowest BCUT2D eigenvalue weighted by Crippen LogP contribution is -1.98. The van der Waals surface area contributed by atoms with Crippen molar-refractivity contribution in [3.63, 3.8) is 0 Å². The summed E-state index contributed by atoms with van der Waals surface area (Å²) in [5.41, 5.74) is -0.103. The molecular weight excluding hydrogens is 266 g/mol. The van der Waals surface area contributed by atoms with Crippen molar-refractivity contribution in [3.05, 3.63) is 52.0 Å². The highest BCUT2D eigenvalue weighted by Crippen LogP contribution is 2.31. The summed E-state index contributed by atoms with van der Waals surface area (Å²) in [6, 6.07) is 7.14. The van der Waals surface area contributed by atoms with Crippen molar-refractivity contribution >= 4 is 12.0 Å². The maximum atomic E-state index is 10.7. The first kappa shape index (κ1) is 13.6. The zero-order chi connectivity index (χ0) is 14.5. The van der Waals surface area contributed by atoms with Crippen LogP contribution in [0, 0.1) is 10.1 Å². The number of methoxy groups -OCH3 is 1. The first-order chi connectivity index (χ1) is 9.63. The third-order valence-electron chi connectivity index (χ3n) is 2.53. The van der Waals surface area contributed by atoms with Gasteiger partial charge in [0.15, 0.2) is 23.5 Å². The van der Waals surface area contributed by atoms with Crippen molar-refractivity contribution in [1.29, 1.82) is 0 Å². The summed E-state index contributed by atoms with van der Waals surface area (Å²) < 4.78 is 15.6. The van der Waals surface area contributed by atoms with Gasteiger partial charge in [-0.25, -0.2) is 0 Å². The number of nitro groups is 1. The number of hydrogen-bond acceptors (Lipinski definition) is 6. The van der Waals surface area contributed by atoms with E-state index in [4.69, 9.17) is 13.9 Å². The lowest BCUT2D eigenvalue weighted by atomic mass is 10.3. The Labute approximate surface area is 113 Å². The van der Waals surface area contributed by atoms with Crippen LogP contribution < -0.4 is 9.47 Å². The summed E-state index contributed by atoms with van der Waals surface area (Å²) in [7, 11) is 1.44. The minimum absolute atomic E-state index is 0.0331. The van der Waals surface area contributed by atoms with Crippen molar-refractivity contribution in [2.24, 2.45) is 0 Å². The van der Waals surface area contributed by atoms with E-state index in [9.17, 15) is 14.9 Å². The Bertz CT molecular complexity index is 634. The molecule has 1 heterocycles. The molecule has 0 atom stereocenters. The van der Waals surface area contributed by atoms with Crippen LogP contribution >= 0.6 is 0 Å². The SMILES string of the molecule is COc1ccc([N+](=O)[O-])cc1OCc1ccc(C=O)o1. The van der Waals surface area contributed by atoms with Crippen molar-refractivity contribution in [3.8, 4) is 11.5 Å². The first-order valence-electron chi connectivity index (χ1n) is 5.63. The van der Waals surface area contributed by atoms with Gasteiger partial charge in [0.05, 0.1) is 18.1 Å². The second kappa shape index (κ2) is 5.87. The molecule has 0 spiro atoms. The van der Waals surface area contributed by atoms with E-state index in [1.807, 2.05) is 0 Å². The third-order valence-corrected chi connectivity index (χ3v) is 2.53. The van der Waals surface area contributed by atoms with Crippen LogP contribution in [0.25, 0.3) is 0 Å². The number of carbonyl (C=O) groups is 1. The molecule has 0 aliphatic carbocycles. The number of carbonyl (C=O) groups excluding carboxylic acids is 1. The lowest BCUT2D eigenvalue weighted by molar-refractivity contribution is -0.385. The molecule has 7 heteroatoms. The van der Waals surface area contributed by atoms with Crippen molar-refractivity contribution in [1.82, 2.24) is 0 Å². The van der Waals surface area contributed by atoms with Gasteiger partial charge in [-0.3, -0.25) is 14.9 Å². The fourth-order valence-electron chi connectivity index (χ4n) is 1.58. The maximum Gasteiger partial charge on any atom is 0.273 e. The smallest absolute Gasteiger partial charge is 0.273 e. The van der Waals surface area contributed by atoms with Crippen LogP contribution in [0.2, 0.25) is 0 Å². The summed E-state index contributed by atoms with van der Waals surface area (Å²) in [5.74, 6) is 1.22. The van der Waals surface area contributed by atoms with Gasteiger partial charge in [0.25, 0.3) is 5.69 Å². The summed E-state index contributed by atoms with van der Waals surface area (Å²) in [4.78, 5) is 20.7. The zero-order valence-corrected chi connectivity index (χ0v) is 10.6. The molecule has 2 aromatic rings. The van der Waals surface area contributed by atoms with Gasteiger partial charge in [0, 0.05) is 6.07 Å². The Morgan fingerprint density at radius 1 is 1.30 bits per heavy atom. The molecule has 2 rings (SSSR count). The number of hydrogen-bond donors (Lipinski definition) is 0. The van der Waals surface area contributed by atoms with E-state index in [1.165, 1.54) is 31.4 Å². The Morgan fingerprint density at radius 3 is 2.70 bits per heavy atom. The van der Waals surface area contributed by atoms with Crippen LogP contribution in [-0.2, 0) is 6.61 Å². The van der Waals surface area contributed by atoms with Gasteiger partial charge in [-0.15, -0.1) is 0 Å². The minimum Gasteiger partial charge on any atom is -0.493 e. The van der Waals surface area contributed by atoms with Gasteiger partial charge in [-0.1, -0.05) is 0 Å². The number of non-ortho nitro benzene ring substituents is 1. The normalized spacial score (nSPS) is 10.1. The molecule has 7 nitrogen and oxygen atoms in total. The Balaban J connectivity index is 2.16. The predicted molar refractivity (Wildman–Crippen MR) is 68.1 cm³/mol. The van der Waals surface area contributed by atoms with Crippen LogP contribution in [0.5, 0.6) is 11.5 Å². The van der Waals surface area contributed by atoms with Gasteiger partial charge < -0.3 is 13.9 Å². The highest BCUT2D eigenvalue weighted by Gasteiger charge is 2.13. The molecule has 1 aromatic heterocycles. The molecule has 0 fully saturated rings. The largest absolute Gasteiger partial charge is 0.493 e. The van der Waals surface area contributed by atoms with E-state index in [2.05, 4.69) is 0 Å². The van der Waals surface area contributed by atoms with E-state index >= 15 is 0 Å². The average molecular weight is 277 g/mol. The highest BCUT2D eigenvalue weighted by molar-refractivity contribution is 5.70. The molecule has 0 unspecified atom stereocenters. The fourth-order valence-corrected chi connectivity index (χ4v) is 1.58. The molecule has 1 aromatic carbocycles. The van der Waals surface area contributed by atoms with E-state index in [-0.39, 0.29) is 23.8 Å². The molecule has 104 valence electrons. The summed E-state index contributed by atoms with van der Waals surface area (Å²) >= 11 is 0. The number of nitro benzene ring substituents is 1. The van der Waals surface area contributed by atoms with Gasteiger partial charge in [-0.05, 0) is 18.2 Å². The first-order valence-corrected chi connectivity index (χ1v) is 5.63. The monoisotopic (exact) mass is 277 g/mol. The minimum atomic E-state index is -0.524. The number of aldehydes is 1. The highest BCUT2D eigenvalue weighted by atomic mass is 16.6. The van der Waals surface area contributed by atoms with Crippen LogP contribution in [0.1, 0.15) is 16.3 Å². The van der Waals surface area contributed by atoms with E-state index < -0.39 is 4.92 Å². The van der Waals surface area contributed by atoms with Crippen molar-refractivity contribution in [2.45, 2.75) is 6.61 Å². The number of ether oxygens (including phenoxy) is 2. The molecule has 0 aliphatic heterocycles. The van der Waals surface area contributed by atoms with Crippen LogP contribution in [-0.4, -0.2) is 18.3 Å². The number of furan rings is 1. The average Bonchev–Trinajstić information content (AvgIpc) is 2.92. The molecular formula is C13H11NO6. The second-order valence-electron chi connectivity index (χ2n) is 3.80. The molecule has 0 amide bonds. The topological polar surface area (TPSA) is 91.8 Å². The van der Waals surface area contributed by atoms with Crippen LogP contribution in [0.3, 0.4) is 0 Å². The molecule has 0 saturated heterocycles. The molecule has 20 heavy (non-hydrogen) atoms. The van der Waals surface area contributed by atoms with Crippen molar-refractivity contribution < 1.29 is 23.6 Å². The Morgan fingerprint density at radius 2 is 2.10 bits per heavy atom. The third kappa shape index (κ3) is 2.94. The second-order valence-corrected chi connectivity index (χ2v) is 3.80. The van der Waals surface area contributed by atoms with Gasteiger partial charge >= 0.3 is 0 Å². The molecule has 0 saturated carbocycles. The van der Waals surface area contributed by atoms with Gasteiger partial charge in [-0.2, -0.15) is 0 Å². The number of benzene rings is 1. The summed E-state index contributed by atoms with van der Waals surface area (Å²) in [6.07, 6.45) is 0.581. The quantitative estimate of drug-likeness (QED) is 0.457. The molecule has 0 radical (unpaired) electrons. The number of nitrogens with zero attached hydrogens (tertiary/aromatic N) is 1. The number of rotatable bonds is 6. The van der Waals surface area contributed by atoms with Crippen molar-refractivity contribution in [2.75, 3.05) is 7.11 Å². The Kier molecular flexibility index (Phi) is 3.99. The molecule has 0 N–H and O–H groups in total.